The maximum Gasteiger partial charge on any atom is 0.224 e. The molecule has 6 heteroatoms. The molecule has 5 nitrogen and oxygen atoms in total. The maximum absolute atomic E-state index is 13.3. The van der Waals surface area contributed by atoms with Crippen LogP contribution >= 0.6 is 0 Å². The lowest BCUT2D eigenvalue weighted by atomic mass is 9.87. The number of carbonyl (C=O) groups excluding carboxylic acids is 3. The molecule has 0 aliphatic heterocycles. The van der Waals surface area contributed by atoms with E-state index in [1.807, 2.05) is 24.3 Å². The lowest BCUT2D eigenvalue weighted by molar-refractivity contribution is -0.133. The highest BCUT2D eigenvalue weighted by Gasteiger charge is 2.30. The molecule has 3 rings (SSSR count). The van der Waals surface area contributed by atoms with Gasteiger partial charge in [-0.25, -0.2) is 0 Å². The van der Waals surface area contributed by atoms with Crippen molar-refractivity contribution in [2.24, 2.45) is 5.92 Å². The normalized spacial score (nSPS) is 17.5. The van der Waals surface area contributed by atoms with Gasteiger partial charge in [-0.15, -0.1) is 0 Å². The first-order chi connectivity index (χ1) is 15.2. The largest absolute Gasteiger partial charge is 0.497 e. The van der Waals surface area contributed by atoms with Crippen LogP contribution in [0.3, 0.4) is 0 Å². The fraction of sp³-hybridized carbons (Fsp3) is 0.423. The van der Waals surface area contributed by atoms with E-state index in [0.29, 0.717) is 24.2 Å². The Morgan fingerprint density at radius 1 is 1.06 bits per heavy atom. The first-order valence-corrected chi connectivity index (χ1v) is 14.8. The zero-order chi connectivity index (χ0) is 23.3. The Bertz CT molecular complexity index is 961. The highest BCUT2D eigenvalue weighted by Crippen LogP contribution is 2.25. The fourth-order valence-electron chi connectivity index (χ4n) is 4.08. The van der Waals surface area contributed by atoms with Crippen molar-refractivity contribution in [2.45, 2.75) is 57.8 Å². The summed E-state index contributed by atoms with van der Waals surface area (Å²) < 4.78 is 5.23. The lowest BCUT2D eigenvalue weighted by Gasteiger charge is -2.24. The minimum absolute atomic E-state index is 0.0774. The van der Waals surface area contributed by atoms with Crippen LogP contribution < -0.4 is 15.2 Å². The topological polar surface area (TPSA) is 72.5 Å². The number of Topliss-reactive ketones (excluding diaryl/α,β-unsaturated/α-hetero) is 2. The first kappa shape index (κ1) is 23.9. The highest BCUT2D eigenvalue weighted by molar-refractivity contribution is 6.88. The van der Waals surface area contributed by atoms with Crippen LogP contribution in [0.1, 0.15) is 42.9 Å². The Morgan fingerprint density at radius 2 is 1.72 bits per heavy atom. The van der Waals surface area contributed by atoms with E-state index in [-0.39, 0.29) is 36.2 Å². The molecule has 2 atom stereocenters. The number of rotatable bonds is 8. The van der Waals surface area contributed by atoms with Gasteiger partial charge < -0.3 is 10.1 Å². The molecule has 1 fully saturated rings. The number of hydrogen-bond donors (Lipinski definition) is 1. The Hall–Kier alpha value is -2.73. The van der Waals surface area contributed by atoms with Crippen LogP contribution in [0.4, 0.5) is 0 Å². The second kappa shape index (κ2) is 10.3. The van der Waals surface area contributed by atoms with E-state index >= 15 is 0 Å². The molecule has 0 saturated heterocycles. The fourth-order valence-corrected chi connectivity index (χ4v) is 5.25. The van der Waals surface area contributed by atoms with Gasteiger partial charge in [0, 0.05) is 25.2 Å². The monoisotopic (exact) mass is 451 g/mol. The van der Waals surface area contributed by atoms with Gasteiger partial charge in [-0.2, -0.15) is 0 Å². The molecule has 0 heterocycles. The second-order valence-electron chi connectivity index (χ2n) is 9.64. The zero-order valence-electron chi connectivity index (χ0n) is 19.4. The van der Waals surface area contributed by atoms with Crippen molar-refractivity contribution in [1.29, 1.82) is 0 Å². The number of carbonyl (C=O) groups is 3. The predicted octanol–water partition coefficient (Wildman–Crippen LogP) is 3.97. The number of nitrogens with one attached hydrogen (secondary N) is 1. The summed E-state index contributed by atoms with van der Waals surface area (Å²) in [6.07, 6.45) is 2.43. The summed E-state index contributed by atoms with van der Waals surface area (Å²) in [7, 11) is 0.179. The van der Waals surface area contributed by atoms with Crippen LogP contribution in [0.15, 0.2) is 48.5 Å². The minimum atomic E-state index is -1.41. The van der Waals surface area contributed by atoms with Gasteiger partial charge in [0.05, 0.1) is 15.2 Å². The number of hydrogen-bond acceptors (Lipinski definition) is 4. The van der Waals surface area contributed by atoms with E-state index in [4.69, 9.17) is 4.74 Å². The first-order valence-electron chi connectivity index (χ1n) is 11.3. The van der Waals surface area contributed by atoms with Crippen molar-refractivity contribution in [3.63, 3.8) is 0 Å². The molecule has 0 aromatic heterocycles. The minimum Gasteiger partial charge on any atom is -0.497 e. The molecule has 0 spiro atoms. The van der Waals surface area contributed by atoms with Crippen molar-refractivity contribution < 1.29 is 19.1 Å². The molecule has 1 N–H and O–H groups in total. The van der Waals surface area contributed by atoms with Gasteiger partial charge in [0.15, 0.2) is 5.78 Å². The van der Waals surface area contributed by atoms with E-state index < -0.39 is 14.1 Å². The van der Waals surface area contributed by atoms with Crippen molar-refractivity contribution in [2.75, 3.05) is 7.11 Å². The molecule has 32 heavy (non-hydrogen) atoms. The van der Waals surface area contributed by atoms with Gasteiger partial charge in [-0.3, -0.25) is 14.4 Å². The Kier molecular flexibility index (Phi) is 7.67. The molecule has 1 aliphatic rings. The second-order valence-corrected chi connectivity index (χ2v) is 14.7. The molecule has 0 radical (unpaired) electrons. The van der Waals surface area contributed by atoms with E-state index in [2.05, 4.69) is 37.1 Å². The van der Waals surface area contributed by atoms with Gasteiger partial charge >= 0.3 is 0 Å². The summed E-state index contributed by atoms with van der Waals surface area (Å²) in [5.74, 6) is 0.144. The third-order valence-electron chi connectivity index (χ3n) is 6.11. The van der Waals surface area contributed by atoms with Crippen LogP contribution in [0.5, 0.6) is 5.75 Å². The average Bonchev–Trinajstić information content (AvgIpc) is 2.77. The highest BCUT2D eigenvalue weighted by atomic mass is 28.3. The number of ketones is 2. The van der Waals surface area contributed by atoms with Crippen LogP contribution in [0.2, 0.25) is 19.6 Å². The summed E-state index contributed by atoms with van der Waals surface area (Å²) in [5, 5.41) is 4.29. The van der Waals surface area contributed by atoms with Crippen LogP contribution in [0, 0.1) is 5.92 Å². The summed E-state index contributed by atoms with van der Waals surface area (Å²) in [6.45, 7) is 6.87. The summed E-state index contributed by atoms with van der Waals surface area (Å²) in [4.78, 5) is 38.1. The maximum atomic E-state index is 13.3. The molecule has 2 aromatic carbocycles. The third kappa shape index (κ3) is 6.16. The number of benzene rings is 2. The quantitative estimate of drug-likeness (QED) is 0.617. The molecule has 1 aliphatic carbocycles. The third-order valence-corrected chi connectivity index (χ3v) is 8.17. The van der Waals surface area contributed by atoms with E-state index in [1.54, 1.807) is 19.2 Å². The Morgan fingerprint density at radius 3 is 2.28 bits per heavy atom. The van der Waals surface area contributed by atoms with Gasteiger partial charge in [0.1, 0.15) is 17.6 Å². The van der Waals surface area contributed by atoms with Crippen molar-refractivity contribution in [3.05, 3.63) is 59.7 Å². The van der Waals surface area contributed by atoms with E-state index in [1.165, 1.54) is 5.19 Å². The summed E-state index contributed by atoms with van der Waals surface area (Å²) >= 11 is 0. The van der Waals surface area contributed by atoms with Crippen LogP contribution in [0.25, 0.3) is 0 Å². The number of amides is 1. The lowest BCUT2D eigenvalue weighted by Crippen LogP contribution is -2.40. The average molecular weight is 452 g/mol. The van der Waals surface area contributed by atoms with Crippen LogP contribution in [-0.4, -0.2) is 32.7 Å². The smallest absolute Gasteiger partial charge is 0.224 e. The molecule has 1 amide bonds. The van der Waals surface area contributed by atoms with Crippen molar-refractivity contribution in [3.8, 4) is 5.75 Å². The molecule has 1 saturated carbocycles. The van der Waals surface area contributed by atoms with Gasteiger partial charge in [0.2, 0.25) is 5.91 Å². The summed E-state index contributed by atoms with van der Waals surface area (Å²) in [6, 6.07) is 14.7. The molecular formula is C26H33NO4Si. The van der Waals surface area contributed by atoms with Gasteiger partial charge in [-0.05, 0) is 36.1 Å². The number of ether oxygens (including phenoxy) is 1. The molecule has 170 valence electrons. The zero-order valence-corrected chi connectivity index (χ0v) is 20.4. The Labute approximate surface area is 191 Å². The Balaban J connectivity index is 1.79. The van der Waals surface area contributed by atoms with Crippen molar-refractivity contribution in [1.82, 2.24) is 5.32 Å². The van der Waals surface area contributed by atoms with Gasteiger partial charge in [-0.1, -0.05) is 61.2 Å². The SMILES string of the molecule is COc1ccc(C(NC(=O)C2CCCC(=O)C2)C(=O)Cc2ccc([Si](C)(C)C)cc2)cc1. The van der Waals surface area contributed by atoms with E-state index in [9.17, 15) is 14.4 Å². The molecule has 2 unspecified atom stereocenters. The number of methoxy groups -OCH3 is 1. The standard InChI is InChI=1S/C26H33NO4Si/c1-31-22-12-10-19(11-13-22)25(27-26(30)20-6-5-7-21(28)17-20)24(29)16-18-8-14-23(15-9-18)32(2,3)4/h8-15,20,25H,5-7,16-17H2,1-4H3,(H,27,30). The molecule has 2 aromatic rings. The van der Waals surface area contributed by atoms with Crippen LogP contribution in [-0.2, 0) is 20.8 Å². The summed E-state index contributed by atoms with van der Waals surface area (Å²) in [5.41, 5.74) is 1.64. The van der Waals surface area contributed by atoms with E-state index in [0.717, 1.165) is 12.0 Å². The van der Waals surface area contributed by atoms with Crippen molar-refractivity contribution >= 4 is 30.7 Å². The van der Waals surface area contributed by atoms with Gasteiger partial charge in [0.25, 0.3) is 0 Å². The predicted molar refractivity (Wildman–Crippen MR) is 129 cm³/mol. The molecular weight excluding hydrogens is 418 g/mol. The molecule has 0 bridgehead atoms.